The number of nitriles is 1. The topological polar surface area (TPSA) is 256 Å². The van der Waals surface area contributed by atoms with Gasteiger partial charge in [-0.25, -0.2) is 38.4 Å². The lowest BCUT2D eigenvalue weighted by molar-refractivity contribution is -0.141. The van der Waals surface area contributed by atoms with Crippen LogP contribution in [0.1, 0.15) is 66.0 Å². The lowest BCUT2D eigenvalue weighted by Crippen LogP contribution is -2.23. The largest absolute Gasteiger partial charge is 0.471 e. The Kier molecular flexibility index (Phi) is 20.0. The van der Waals surface area contributed by atoms with Gasteiger partial charge in [-0.05, 0) is 94.3 Å². The van der Waals surface area contributed by atoms with E-state index in [9.17, 15) is 28.8 Å². The summed E-state index contributed by atoms with van der Waals surface area (Å²) in [6, 6.07) is 44.4. The van der Waals surface area contributed by atoms with Gasteiger partial charge in [0, 0.05) is 10.6 Å². The van der Waals surface area contributed by atoms with Crippen LogP contribution in [-0.4, -0.2) is 92.0 Å². The molecule has 0 fully saturated rings. The van der Waals surface area contributed by atoms with Crippen molar-refractivity contribution in [1.82, 2.24) is 29.1 Å². The van der Waals surface area contributed by atoms with Gasteiger partial charge in [-0.3, -0.25) is 14.2 Å². The molecule has 78 heavy (non-hydrogen) atoms. The number of hydrogen-bond donors (Lipinski definition) is 1. The number of esters is 5. The number of nitrogens with zero attached hydrogens (tertiary/aromatic N) is 8. The number of ether oxygens (including phenoxy) is 5. The summed E-state index contributed by atoms with van der Waals surface area (Å²) in [6.45, 7) is 15.5. The first kappa shape index (κ1) is 57.1. The Morgan fingerprint density at radius 2 is 1.05 bits per heavy atom. The molecular weight excluding hydrogens is 1020 g/mol. The summed E-state index contributed by atoms with van der Waals surface area (Å²) in [4.78, 5) is 81.6. The van der Waals surface area contributed by atoms with E-state index < -0.39 is 46.7 Å². The first-order chi connectivity index (χ1) is 37.8. The zero-order chi connectivity index (χ0) is 56.3. The smallest absolute Gasteiger partial charge is 0.359 e. The normalized spacial score (nSPS) is 10.7. The number of nitrogen functional groups attached to an aromatic ring is 1. The predicted octanol–water partition coefficient (Wildman–Crippen LogP) is 9.35. The highest BCUT2D eigenvalue weighted by Crippen LogP contribution is 2.29. The van der Waals surface area contributed by atoms with Crippen molar-refractivity contribution in [2.24, 2.45) is 0 Å². The number of benzene rings is 5. The lowest BCUT2D eigenvalue weighted by atomic mass is 10.0. The number of hydrogen-bond acceptors (Lipinski definition) is 16. The molecule has 2 N–H and O–H groups in total. The third-order valence-corrected chi connectivity index (χ3v) is 11.0. The highest BCUT2D eigenvalue weighted by atomic mass is 35.5. The fraction of sp³-hybridized carbons (Fsp3) is 0.175. The maximum absolute atomic E-state index is 14.3. The van der Waals surface area contributed by atoms with Crippen molar-refractivity contribution < 1.29 is 47.7 Å². The van der Waals surface area contributed by atoms with Crippen LogP contribution in [0.3, 0.4) is 0 Å². The number of anilines is 1. The van der Waals surface area contributed by atoms with Crippen molar-refractivity contribution in [3.63, 3.8) is 0 Å². The molecule has 0 aliphatic carbocycles. The number of carbonyl (C=O) groups is 5. The SMILES string of the molecule is CCOC(=O)c1nn(-c2ccccc2)c(N)c1C(=O)OCC.CCOC(=O)c1nn(-c2ccccc2)c2nc(-c3ccc(-c4ccccc4)cc3)n(-c3ccc(Cl)cc3)c(=O)c12.[C-]#[N+]/C(C(=O)OCC)=C(/C#N)C(=O)OCC. The van der Waals surface area contributed by atoms with Crippen molar-refractivity contribution in [2.45, 2.75) is 34.6 Å². The second-order valence-corrected chi connectivity index (χ2v) is 16.1. The van der Waals surface area contributed by atoms with Crippen molar-refractivity contribution in [1.29, 1.82) is 5.26 Å². The summed E-state index contributed by atoms with van der Waals surface area (Å²) in [5.41, 5.74) is 8.86. The second-order valence-electron chi connectivity index (χ2n) is 15.7. The number of carbonyl (C=O) groups excluding carboxylic acids is 5. The third kappa shape index (κ3) is 13.2. The fourth-order valence-corrected chi connectivity index (χ4v) is 7.50. The minimum absolute atomic E-state index is 0.0349. The van der Waals surface area contributed by atoms with E-state index >= 15 is 0 Å². The molecule has 0 aliphatic rings. The summed E-state index contributed by atoms with van der Waals surface area (Å²) in [6.07, 6.45) is 0. The number of nitrogens with two attached hydrogens (primary N) is 1. The minimum Gasteiger partial charge on any atom is -0.471 e. The Morgan fingerprint density at radius 1 is 0.590 bits per heavy atom. The summed E-state index contributed by atoms with van der Waals surface area (Å²) >= 11 is 6.16. The zero-order valence-electron chi connectivity index (χ0n) is 42.8. The van der Waals surface area contributed by atoms with E-state index in [1.807, 2.05) is 91.0 Å². The predicted molar refractivity (Wildman–Crippen MR) is 289 cm³/mol. The van der Waals surface area contributed by atoms with E-state index in [2.05, 4.69) is 24.5 Å². The maximum atomic E-state index is 14.3. The van der Waals surface area contributed by atoms with Crippen LogP contribution in [0.2, 0.25) is 5.02 Å². The molecule has 0 atom stereocenters. The standard InChI is InChI=1S/C32H23ClN4O3.C15H17N3O4.C10H10N2O4/c1-2-40-32(39)28-27-30(37(35-28)26-11-7-4-8-12-26)34-29(36(31(27)38)25-19-17-24(33)18-20-25)23-15-13-22(14-16-23)21-9-5-3-6-10-21;1-3-21-14(19)11-12(15(20)22-4-2)17-18(13(11)16)10-8-6-5-7-9-10;1-4-15-9(13)7(6-11)8(12-3)10(14)16-5-2/h3-20H,2H2,1H3;5-9H,3-4,16H2,1-2H3;4-5H2,1-2H3/b;;8-7-. The number of para-hydroxylation sites is 2. The first-order valence-electron chi connectivity index (χ1n) is 24.1. The lowest BCUT2D eigenvalue weighted by Gasteiger charge is -2.14. The van der Waals surface area contributed by atoms with Crippen molar-refractivity contribution in [2.75, 3.05) is 38.8 Å². The molecule has 0 saturated carbocycles. The van der Waals surface area contributed by atoms with Gasteiger partial charge in [-0.2, -0.15) is 15.5 Å². The van der Waals surface area contributed by atoms with Crippen molar-refractivity contribution >= 4 is 58.3 Å². The number of halogens is 1. The van der Waals surface area contributed by atoms with Crippen LogP contribution < -0.4 is 11.3 Å². The number of fused-ring (bicyclic) bond motifs is 1. The van der Waals surface area contributed by atoms with E-state index in [-0.39, 0.29) is 66.8 Å². The van der Waals surface area contributed by atoms with Crippen LogP contribution in [-0.2, 0) is 33.3 Å². The Hall–Kier alpha value is -10.2. The van der Waals surface area contributed by atoms with Gasteiger partial charge in [0.05, 0.1) is 62.7 Å². The molecule has 0 bridgehead atoms. The summed E-state index contributed by atoms with van der Waals surface area (Å²) < 4.78 is 28.5. The molecule has 20 nitrogen and oxygen atoms in total. The second kappa shape index (κ2) is 27.4. The minimum atomic E-state index is -0.998. The monoisotopic (exact) mass is 1070 g/mol. The van der Waals surface area contributed by atoms with Crippen LogP contribution in [0.15, 0.2) is 156 Å². The van der Waals surface area contributed by atoms with Gasteiger partial charge in [0.25, 0.3) is 11.3 Å². The molecule has 3 heterocycles. The van der Waals surface area contributed by atoms with Gasteiger partial charge in [0.1, 0.15) is 22.6 Å². The quantitative estimate of drug-likeness (QED) is 0.0330. The molecule has 0 spiro atoms. The summed E-state index contributed by atoms with van der Waals surface area (Å²) in [7, 11) is 0. The highest BCUT2D eigenvalue weighted by Gasteiger charge is 2.30. The Bertz CT molecular complexity index is 3580. The van der Waals surface area contributed by atoms with Crippen LogP contribution in [0, 0.1) is 17.9 Å². The van der Waals surface area contributed by atoms with E-state index in [1.165, 1.54) is 20.0 Å². The molecule has 21 heteroatoms. The van der Waals surface area contributed by atoms with E-state index in [0.717, 1.165) is 11.1 Å². The van der Waals surface area contributed by atoms with Gasteiger partial charge in [-0.1, -0.05) is 103 Å². The molecule has 0 aliphatic heterocycles. The Balaban J connectivity index is 0.000000218. The van der Waals surface area contributed by atoms with Gasteiger partial charge in [-0.15, -0.1) is 0 Å². The number of aromatic nitrogens is 6. The molecule has 3 aromatic heterocycles. The molecule has 8 aromatic rings. The van der Waals surface area contributed by atoms with Crippen molar-refractivity contribution in [3.8, 4) is 45.6 Å². The molecule has 0 saturated heterocycles. The summed E-state index contributed by atoms with van der Waals surface area (Å²) in [5, 5.41) is 17.9. The molecule has 0 amide bonds. The van der Waals surface area contributed by atoms with Crippen LogP contribution >= 0.6 is 11.6 Å². The van der Waals surface area contributed by atoms with E-state index in [1.54, 1.807) is 83.1 Å². The fourth-order valence-electron chi connectivity index (χ4n) is 7.37. The van der Waals surface area contributed by atoms with Gasteiger partial charge < -0.3 is 29.4 Å². The third-order valence-electron chi connectivity index (χ3n) is 10.8. The number of rotatable bonds is 15. The first-order valence-corrected chi connectivity index (χ1v) is 24.5. The van der Waals surface area contributed by atoms with Gasteiger partial charge >= 0.3 is 29.8 Å². The van der Waals surface area contributed by atoms with E-state index in [4.69, 9.17) is 48.4 Å². The molecular formula is C57H50ClN9O11. The molecule has 8 rings (SSSR count). The molecule has 0 unspecified atom stereocenters. The van der Waals surface area contributed by atoms with Crippen LogP contribution in [0.25, 0.3) is 55.5 Å². The molecule has 5 aromatic carbocycles. The average molecular weight is 1070 g/mol. The van der Waals surface area contributed by atoms with Crippen LogP contribution in [0.5, 0.6) is 0 Å². The average Bonchev–Trinajstić information content (AvgIpc) is 4.11. The highest BCUT2D eigenvalue weighted by molar-refractivity contribution is 6.30. The van der Waals surface area contributed by atoms with E-state index in [0.29, 0.717) is 33.5 Å². The molecule has 396 valence electrons. The Morgan fingerprint density at radius 3 is 1.58 bits per heavy atom. The maximum Gasteiger partial charge on any atom is 0.359 e. The van der Waals surface area contributed by atoms with Crippen molar-refractivity contribution in [3.05, 3.63) is 195 Å². The van der Waals surface area contributed by atoms with Gasteiger partial charge in [0.15, 0.2) is 22.6 Å². The Labute approximate surface area is 452 Å². The molecule has 0 radical (unpaired) electrons. The van der Waals surface area contributed by atoms with Gasteiger partial charge in [0.2, 0.25) is 0 Å². The van der Waals surface area contributed by atoms with Crippen LogP contribution in [0.4, 0.5) is 5.82 Å². The summed E-state index contributed by atoms with van der Waals surface area (Å²) in [5.74, 6) is -3.67. The zero-order valence-corrected chi connectivity index (χ0v) is 43.6.